The first-order chi connectivity index (χ1) is 15.6. The maximum absolute atomic E-state index is 13.1. The van der Waals surface area contributed by atoms with Crippen LogP contribution in [-0.2, 0) is 4.74 Å². The maximum atomic E-state index is 13.1. The third kappa shape index (κ3) is 4.54. The lowest BCUT2D eigenvalue weighted by Gasteiger charge is -2.07. The van der Waals surface area contributed by atoms with Crippen LogP contribution in [0.15, 0.2) is 88.3 Å². The third-order valence-corrected chi connectivity index (χ3v) is 5.15. The molecule has 160 valence electrons. The van der Waals surface area contributed by atoms with Crippen molar-refractivity contribution in [1.29, 1.82) is 0 Å². The van der Waals surface area contributed by atoms with Crippen molar-refractivity contribution in [1.82, 2.24) is 0 Å². The number of hydrogen-bond acceptors (Lipinski definition) is 4. The van der Waals surface area contributed by atoms with E-state index < -0.39 is 5.97 Å². The number of esters is 1. The number of aliphatic imine (C=N–C) groups is 1. The minimum Gasteiger partial charge on any atom is -0.462 e. The van der Waals surface area contributed by atoms with Crippen molar-refractivity contribution in [2.75, 3.05) is 6.61 Å². The summed E-state index contributed by atoms with van der Waals surface area (Å²) < 4.78 is 11.6. The Bertz CT molecular complexity index is 1230. The molecule has 32 heavy (non-hydrogen) atoms. The molecule has 0 aliphatic rings. The zero-order chi connectivity index (χ0) is 22.5. The van der Waals surface area contributed by atoms with E-state index >= 15 is 0 Å². The van der Waals surface area contributed by atoms with E-state index in [1.807, 2.05) is 92.7 Å². The van der Waals surface area contributed by atoms with Crippen LogP contribution in [0.4, 0.5) is 5.88 Å². The van der Waals surface area contributed by atoms with Crippen LogP contribution in [0.25, 0.3) is 22.5 Å². The molecule has 4 nitrogen and oxygen atoms in total. The van der Waals surface area contributed by atoms with E-state index in [0.717, 1.165) is 22.3 Å². The Morgan fingerprint density at radius 1 is 0.875 bits per heavy atom. The van der Waals surface area contributed by atoms with Gasteiger partial charge in [0.2, 0.25) is 5.88 Å². The quantitative estimate of drug-likeness (QED) is 0.244. The molecule has 0 amide bonds. The maximum Gasteiger partial charge on any atom is 0.342 e. The van der Waals surface area contributed by atoms with Crippen molar-refractivity contribution in [3.63, 3.8) is 0 Å². The van der Waals surface area contributed by atoms with Crippen molar-refractivity contribution in [3.05, 3.63) is 101 Å². The van der Waals surface area contributed by atoms with Crippen LogP contribution in [0, 0.1) is 13.8 Å². The molecule has 4 aromatic rings. The van der Waals surface area contributed by atoms with Crippen LogP contribution >= 0.6 is 0 Å². The minimum atomic E-state index is -0.428. The number of nitrogens with zero attached hydrogens (tertiary/aromatic N) is 1. The van der Waals surface area contributed by atoms with Crippen molar-refractivity contribution >= 4 is 18.1 Å². The van der Waals surface area contributed by atoms with Crippen molar-refractivity contribution < 1.29 is 13.9 Å². The number of benzene rings is 3. The van der Waals surface area contributed by atoms with Gasteiger partial charge in [0, 0.05) is 11.8 Å². The molecule has 1 aromatic heterocycles. The van der Waals surface area contributed by atoms with Gasteiger partial charge in [-0.3, -0.25) is 0 Å². The molecule has 0 radical (unpaired) electrons. The summed E-state index contributed by atoms with van der Waals surface area (Å²) in [6.07, 6.45) is 1.75. The second kappa shape index (κ2) is 9.48. The Kier molecular flexibility index (Phi) is 6.31. The number of hydrogen-bond donors (Lipinski definition) is 0. The van der Waals surface area contributed by atoms with Crippen molar-refractivity contribution in [2.45, 2.75) is 20.8 Å². The van der Waals surface area contributed by atoms with E-state index in [-0.39, 0.29) is 6.61 Å². The summed E-state index contributed by atoms with van der Waals surface area (Å²) in [5.74, 6) is 0.398. The Balaban J connectivity index is 1.93. The van der Waals surface area contributed by atoms with E-state index in [1.54, 1.807) is 13.1 Å². The fourth-order valence-corrected chi connectivity index (χ4v) is 3.47. The molecule has 3 aromatic carbocycles. The molecule has 0 N–H and O–H groups in total. The third-order valence-electron chi connectivity index (χ3n) is 5.15. The summed E-state index contributed by atoms with van der Waals surface area (Å²) in [6.45, 7) is 6.13. The van der Waals surface area contributed by atoms with Crippen LogP contribution in [0.3, 0.4) is 0 Å². The van der Waals surface area contributed by atoms with Crippen LogP contribution in [0.5, 0.6) is 0 Å². The highest BCUT2D eigenvalue weighted by Gasteiger charge is 2.28. The molecule has 1 heterocycles. The molecule has 4 rings (SSSR count). The largest absolute Gasteiger partial charge is 0.462 e. The lowest BCUT2D eigenvalue weighted by atomic mass is 9.98. The topological polar surface area (TPSA) is 51.8 Å². The second-order valence-corrected chi connectivity index (χ2v) is 7.61. The predicted molar refractivity (Wildman–Crippen MR) is 129 cm³/mol. The number of carbonyl (C=O) groups is 1. The molecular formula is C28H25NO3. The van der Waals surface area contributed by atoms with Crippen LogP contribution in [-0.4, -0.2) is 18.8 Å². The molecule has 0 spiro atoms. The number of carbonyl (C=O) groups excluding carboxylic acids is 1. The van der Waals surface area contributed by atoms with Gasteiger partial charge in [-0.2, -0.15) is 0 Å². The lowest BCUT2D eigenvalue weighted by Crippen LogP contribution is -2.06. The van der Waals surface area contributed by atoms with E-state index in [1.165, 1.54) is 5.56 Å². The van der Waals surface area contributed by atoms with Gasteiger partial charge in [-0.1, -0.05) is 90.0 Å². The molecule has 0 aliphatic carbocycles. The van der Waals surface area contributed by atoms with E-state index in [2.05, 4.69) is 4.99 Å². The zero-order valence-electron chi connectivity index (χ0n) is 18.5. The summed E-state index contributed by atoms with van der Waals surface area (Å²) in [5, 5.41) is 0. The van der Waals surface area contributed by atoms with Gasteiger partial charge >= 0.3 is 5.97 Å². The van der Waals surface area contributed by atoms with Gasteiger partial charge in [0.25, 0.3) is 0 Å². The monoisotopic (exact) mass is 423 g/mol. The highest BCUT2D eigenvalue weighted by molar-refractivity contribution is 6.06. The summed E-state index contributed by atoms with van der Waals surface area (Å²) in [5.41, 5.74) is 5.91. The molecule has 0 unspecified atom stereocenters. The van der Waals surface area contributed by atoms with Gasteiger partial charge in [0.05, 0.1) is 12.2 Å². The highest BCUT2D eigenvalue weighted by Crippen LogP contribution is 2.43. The van der Waals surface area contributed by atoms with E-state index in [9.17, 15) is 4.79 Å². The molecule has 0 saturated heterocycles. The van der Waals surface area contributed by atoms with Gasteiger partial charge in [0.15, 0.2) is 5.76 Å². The first kappa shape index (κ1) is 21.3. The Hall–Kier alpha value is -3.92. The fraction of sp³-hybridized carbons (Fsp3) is 0.143. The second-order valence-electron chi connectivity index (χ2n) is 7.61. The highest BCUT2D eigenvalue weighted by atomic mass is 16.5. The molecular weight excluding hydrogens is 398 g/mol. The van der Waals surface area contributed by atoms with Crippen LogP contribution in [0.2, 0.25) is 0 Å². The Labute approximate surface area is 188 Å². The Morgan fingerprint density at radius 3 is 2.12 bits per heavy atom. The van der Waals surface area contributed by atoms with Crippen molar-refractivity contribution in [2.24, 2.45) is 4.99 Å². The van der Waals surface area contributed by atoms with Gasteiger partial charge in [0.1, 0.15) is 5.56 Å². The van der Waals surface area contributed by atoms with E-state index in [4.69, 9.17) is 9.15 Å². The van der Waals surface area contributed by atoms with Crippen molar-refractivity contribution in [3.8, 4) is 22.5 Å². The average Bonchev–Trinajstić information content (AvgIpc) is 3.20. The molecule has 4 heteroatoms. The molecule has 0 bridgehead atoms. The fourth-order valence-electron chi connectivity index (χ4n) is 3.47. The van der Waals surface area contributed by atoms with Gasteiger partial charge in [-0.05, 0) is 31.9 Å². The van der Waals surface area contributed by atoms with Gasteiger partial charge in [-0.25, -0.2) is 9.79 Å². The van der Waals surface area contributed by atoms with Gasteiger partial charge in [-0.15, -0.1) is 0 Å². The first-order valence-corrected chi connectivity index (χ1v) is 10.6. The first-order valence-electron chi connectivity index (χ1n) is 10.6. The summed E-state index contributed by atoms with van der Waals surface area (Å²) in [7, 11) is 0. The number of furan rings is 1. The van der Waals surface area contributed by atoms with E-state index in [0.29, 0.717) is 22.8 Å². The van der Waals surface area contributed by atoms with Crippen LogP contribution < -0.4 is 0 Å². The SMILES string of the molecule is CCOC(=O)c1c(-c2ccccc2)oc(/N=C/c2ccc(C)cc2)c1-c1ccc(C)cc1. The molecule has 0 saturated carbocycles. The van der Waals surface area contributed by atoms with Gasteiger partial charge < -0.3 is 9.15 Å². The average molecular weight is 424 g/mol. The number of aryl methyl sites for hydroxylation is 2. The Morgan fingerprint density at radius 2 is 1.50 bits per heavy atom. The normalized spacial score (nSPS) is 11.1. The molecule has 0 atom stereocenters. The zero-order valence-corrected chi connectivity index (χ0v) is 18.5. The lowest BCUT2D eigenvalue weighted by molar-refractivity contribution is 0.0527. The molecule has 0 aliphatic heterocycles. The summed E-state index contributed by atoms with van der Waals surface area (Å²) in [6, 6.07) is 25.6. The smallest absolute Gasteiger partial charge is 0.342 e. The molecule has 0 fully saturated rings. The predicted octanol–water partition coefficient (Wildman–Crippen LogP) is 7.16. The minimum absolute atomic E-state index is 0.271. The number of ether oxygens (including phenoxy) is 1. The summed E-state index contributed by atoms with van der Waals surface area (Å²) >= 11 is 0. The standard InChI is InChI=1S/C28H25NO3/c1-4-31-28(30)25-24(22-16-12-20(3)13-17-22)27(29-18-21-14-10-19(2)11-15-21)32-26(25)23-8-6-5-7-9-23/h5-18H,4H2,1-3H3/b29-18+. The summed E-state index contributed by atoms with van der Waals surface area (Å²) in [4.78, 5) is 17.7. The number of rotatable bonds is 6. The van der Waals surface area contributed by atoms with Crippen LogP contribution in [0.1, 0.15) is 34.0 Å².